The lowest BCUT2D eigenvalue weighted by molar-refractivity contribution is 0.0938. The molecule has 1 aromatic rings. The highest BCUT2D eigenvalue weighted by molar-refractivity contribution is 5.96. The van der Waals surface area contributed by atoms with E-state index in [0.29, 0.717) is 17.2 Å². The normalized spacial score (nSPS) is 17.1. The number of nitrogens with two attached hydrogens (primary N) is 1. The molecule has 1 aromatic carbocycles. The Morgan fingerprint density at radius 3 is 2.60 bits per heavy atom. The monoisotopic (exact) mass is 275 g/mol. The number of nitrogen functional groups attached to an aromatic ring is 1. The summed E-state index contributed by atoms with van der Waals surface area (Å²) in [5.41, 5.74) is 9.28. The van der Waals surface area contributed by atoms with Gasteiger partial charge in [0.1, 0.15) is 0 Å². The van der Waals surface area contributed by atoms with Crippen LogP contribution >= 0.6 is 0 Å². The van der Waals surface area contributed by atoms with E-state index < -0.39 is 0 Å². The molecule has 110 valence electrons. The zero-order valence-corrected chi connectivity index (χ0v) is 12.7. The number of nitrogens with zero attached hydrogens (tertiary/aromatic N) is 1. The third kappa shape index (κ3) is 3.51. The minimum absolute atomic E-state index is 0.00636. The SMILES string of the molecule is Cc1cc(C)c(C(=O)NCC2CCN(C)CC2)cc1N. The average Bonchev–Trinajstić information content (AvgIpc) is 2.42. The van der Waals surface area contributed by atoms with Crippen molar-refractivity contribution in [1.29, 1.82) is 0 Å². The highest BCUT2D eigenvalue weighted by Crippen LogP contribution is 2.19. The minimum atomic E-state index is -0.00636. The van der Waals surface area contributed by atoms with E-state index in [1.807, 2.05) is 19.9 Å². The Kier molecular flexibility index (Phi) is 4.65. The Morgan fingerprint density at radius 1 is 1.30 bits per heavy atom. The molecule has 1 fully saturated rings. The first-order chi connectivity index (χ1) is 9.47. The maximum atomic E-state index is 12.3. The first kappa shape index (κ1) is 14.9. The first-order valence-corrected chi connectivity index (χ1v) is 7.31. The van der Waals surface area contributed by atoms with E-state index in [2.05, 4.69) is 17.3 Å². The molecule has 0 aromatic heterocycles. The highest BCUT2D eigenvalue weighted by atomic mass is 16.1. The van der Waals surface area contributed by atoms with Crippen LogP contribution in [0.25, 0.3) is 0 Å². The van der Waals surface area contributed by atoms with E-state index in [-0.39, 0.29) is 5.91 Å². The number of amides is 1. The Hall–Kier alpha value is -1.55. The van der Waals surface area contributed by atoms with Crippen molar-refractivity contribution in [3.8, 4) is 0 Å². The maximum Gasteiger partial charge on any atom is 0.251 e. The van der Waals surface area contributed by atoms with Crippen LogP contribution in [0.2, 0.25) is 0 Å². The van der Waals surface area contributed by atoms with Gasteiger partial charge in [0.15, 0.2) is 0 Å². The van der Waals surface area contributed by atoms with Crippen molar-refractivity contribution < 1.29 is 4.79 Å². The summed E-state index contributed by atoms with van der Waals surface area (Å²) in [7, 11) is 2.15. The van der Waals surface area contributed by atoms with E-state index >= 15 is 0 Å². The van der Waals surface area contributed by atoms with E-state index in [1.165, 1.54) is 0 Å². The summed E-state index contributed by atoms with van der Waals surface area (Å²) in [4.78, 5) is 14.6. The molecule has 0 bridgehead atoms. The molecule has 0 radical (unpaired) electrons. The summed E-state index contributed by atoms with van der Waals surface area (Å²) < 4.78 is 0. The molecular formula is C16H25N3O. The number of aryl methyl sites for hydroxylation is 2. The lowest BCUT2D eigenvalue weighted by Gasteiger charge is -2.29. The molecule has 1 amide bonds. The van der Waals surface area contributed by atoms with Crippen LogP contribution in [-0.2, 0) is 0 Å². The van der Waals surface area contributed by atoms with Crippen molar-refractivity contribution in [2.75, 3.05) is 32.4 Å². The second-order valence-corrected chi connectivity index (χ2v) is 5.98. The molecule has 1 saturated heterocycles. The van der Waals surface area contributed by atoms with Gasteiger partial charge < -0.3 is 16.0 Å². The van der Waals surface area contributed by atoms with E-state index in [9.17, 15) is 4.79 Å². The fourth-order valence-corrected chi connectivity index (χ4v) is 2.71. The van der Waals surface area contributed by atoms with Gasteiger partial charge in [0.2, 0.25) is 0 Å². The van der Waals surface area contributed by atoms with Crippen molar-refractivity contribution in [3.63, 3.8) is 0 Å². The quantitative estimate of drug-likeness (QED) is 0.829. The molecule has 0 atom stereocenters. The number of hydrogen-bond donors (Lipinski definition) is 2. The number of carbonyl (C=O) groups is 1. The Morgan fingerprint density at radius 2 is 1.95 bits per heavy atom. The Balaban J connectivity index is 1.93. The van der Waals surface area contributed by atoms with Gasteiger partial charge in [-0.15, -0.1) is 0 Å². The molecule has 4 nitrogen and oxygen atoms in total. The molecule has 1 aliphatic heterocycles. The highest BCUT2D eigenvalue weighted by Gasteiger charge is 2.18. The summed E-state index contributed by atoms with van der Waals surface area (Å²) in [5, 5.41) is 3.06. The molecule has 1 aliphatic rings. The van der Waals surface area contributed by atoms with Gasteiger partial charge in [0.05, 0.1) is 0 Å². The van der Waals surface area contributed by atoms with E-state index in [1.54, 1.807) is 6.07 Å². The zero-order valence-electron chi connectivity index (χ0n) is 12.7. The van der Waals surface area contributed by atoms with Crippen molar-refractivity contribution in [1.82, 2.24) is 10.2 Å². The number of likely N-dealkylation sites (tertiary alicyclic amines) is 1. The van der Waals surface area contributed by atoms with Crippen LogP contribution in [0.3, 0.4) is 0 Å². The largest absolute Gasteiger partial charge is 0.398 e. The van der Waals surface area contributed by atoms with Gasteiger partial charge in [0, 0.05) is 17.8 Å². The summed E-state index contributed by atoms with van der Waals surface area (Å²) in [6.07, 6.45) is 2.32. The van der Waals surface area contributed by atoms with Gasteiger partial charge in [-0.05, 0) is 69.9 Å². The maximum absolute atomic E-state index is 12.3. The summed E-state index contributed by atoms with van der Waals surface area (Å²) in [6, 6.07) is 3.76. The van der Waals surface area contributed by atoms with Crippen LogP contribution < -0.4 is 11.1 Å². The van der Waals surface area contributed by atoms with E-state index in [0.717, 1.165) is 43.6 Å². The number of carbonyl (C=O) groups excluding carboxylic acids is 1. The van der Waals surface area contributed by atoms with Gasteiger partial charge in [0.25, 0.3) is 5.91 Å². The van der Waals surface area contributed by atoms with Crippen LogP contribution in [0.1, 0.15) is 34.3 Å². The van der Waals surface area contributed by atoms with Crippen molar-refractivity contribution >= 4 is 11.6 Å². The number of anilines is 1. The van der Waals surface area contributed by atoms with Crippen molar-refractivity contribution in [3.05, 3.63) is 28.8 Å². The molecule has 0 saturated carbocycles. The number of benzene rings is 1. The standard InChI is InChI=1S/C16H25N3O/c1-11-8-12(2)15(17)9-14(11)16(20)18-10-13-4-6-19(3)7-5-13/h8-9,13H,4-7,10,17H2,1-3H3,(H,18,20). The fourth-order valence-electron chi connectivity index (χ4n) is 2.71. The van der Waals surface area contributed by atoms with Gasteiger partial charge in [-0.25, -0.2) is 0 Å². The second-order valence-electron chi connectivity index (χ2n) is 5.98. The van der Waals surface area contributed by atoms with Crippen LogP contribution in [0, 0.1) is 19.8 Å². The van der Waals surface area contributed by atoms with Crippen molar-refractivity contribution in [2.45, 2.75) is 26.7 Å². The van der Waals surface area contributed by atoms with Gasteiger partial charge >= 0.3 is 0 Å². The number of piperidine rings is 1. The van der Waals surface area contributed by atoms with Gasteiger partial charge in [-0.1, -0.05) is 6.07 Å². The lowest BCUT2D eigenvalue weighted by atomic mass is 9.97. The minimum Gasteiger partial charge on any atom is -0.398 e. The smallest absolute Gasteiger partial charge is 0.251 e. The van der Waals surface area contributed by atoms with Crippen molar-refractivity contribution in [2.24, 2.45) is 5.92 Å². The molecule has 1 heterocycles. The molecule has 3 N–H and O–H groups in total. The molecule has 2 rings (SSSR count). The molecule has 0 unspecified atom stereocenters. The summed E-state index contributed by atoms with van der Waals surface area (Å²) in [6.45, 7) is 6.92. The summed E-state index contributed by atoms with van der Waals surface area (Å²) >= 11 is 0. The topological polar surface area (TPSA) is 58.4 Å². The average molecular weight is 275 g/mol. The predicted molar refractivity (Wildman–Crippen MR) is 82.9 cm³/mol. The van der Waals surface area contributed by atoms with E-state index in [4.69, 9.17) is 5.73 Å². The van der Waals surface area contributed by atoms with Crippen LogP contribution in [0.5, 0.6) is 0 Å². The Labute approximate surface area is 121 Å². The van der Waals surface area contributed by atoms with Crippen LogP contribution in [0.15, 0.2) is 12.1 Å². The molecule has 4 heteroatoms. The second kappa shape index (κ2) is 6.27. The molecule has 0 spiro atoms. The van der Waals surface area contributed by atoms with Crippen LogP contribution in [-0.4, -0.2) is 37.5 Å². The fraction of sp³-hybridized carbons (Fsp3) is 0.562. The molecule has 0 aliphatic carbocycles. The first-order valence-electron chi connectivity index (χ1n) is 7.31. The number of nitrogens with one attached hydrogen (secondary N) is 1. The molecule has 20 heavy (non-hydrogen) atoms. The number of rotatable bonds is 3. The Bertz CT molecular complexity index is 491. The summed E-state index contributed by atoms with van der Waals surface area (Å²) in [5.74, 6) is 0.589. The van der Waals surface area contributed by atoms with Gasteiger partial charge in [-0.3, -0.25) is 4.79 Å². The van der Waals surface area contributed by atoms with Crippen LogP contribution in [0.4, 0.5) is 5.69 Å². The zero-order chi connectivity index (χ0) is 14.7. The third-order valence-electron chi connectivity index (χ3n) is 4.25. The van der Waals surface area contributed by atoms with Gasteiger partial charge in [-0.2, -0.15) is 0 Å². The lowest BCUT2D eigenvalue weighted by Crippen LogP contribution is -2.37. The number of hydrogen-bond acceptors (Lipinski definition) is 3. The molecular weight excluding hydrogens is 250 g/mol. The predicted octanol–water partition coefficient (Wildman–Crippen LogP) is 1.96. The third-order valence-corrected chi connectivity index (χ3v) is 4.25.